The molecule has 0 aliphatic carbocycles. The van der Waals surface area contributed by atoms with E-state index >= 15 is 0 Å². The van der Waals surface area contributed by atoms with Crippen molar-refractivity contribution in [3.63, 3.8) is 0 Å². The van der Waals surface area contributed by atoms with Gasteiger partial charge in [-0.15, -0.1) is 0 Å². The van der Waals surface area contributed by atoms with Crippen molar-refractivity contribution in [3.8, 4) is 34.1 Å². The molecule has 0 saturated heterocycles. The third-order valence-corrected chi connectivity index (χ3v) is 6.30. The van der Waals surface area contributed by atoms with E-state index in [1.165, 1.54) is 13.2 Å². The lowest BCUT2D eigenvalue weighted by Crippen LogP contribution is -2.28. The van der Waals surface area contributed by atoms with E-state index in [2.05, 4.69) is 10.5 Å². The molecule has 0 spiro atoms. The van der Waals surface area contributed by atoms with Gasteiger partial charge in [0.25, 0.3) is 5.91 Å². The van der Waals surface area contributed by atoms with E-state index in [-0.39, 0.29) is 41.6 Å². The molecule has 1 heterocycles. The Bertz CT molecular complexity index is 1490. The molecule has 4 aromatic rings. The number of benzene rings is 3. The van der Waals surface area contributed by atoms with Gasteiger partial charge < -0.3 is 24.4 Å². The number of carbonyl (C=O) groups excluding carboxylic acids is 1. The predicted molar refractivity (Wildman–Crippen MR) is 145 cm³/mol. The fourth-order valence-electron chi connectivity index (χ4n) is 3.74. The lowest BCUT2D eigenvalue weighted by atomic mass is 9.99. The van der Waals surface area contributed by atoms with Gasteiger partial charge in [0.2, 0.25) is 0 Å². The van der Waals surface area contributed by atoms with Crippen LogP contribution in [0.5, 0.6) is 11.5 Å². The fourth-order valence-corrected chi connectivity index (χ4v) is 4.50. The number of hydrogen-bond donors (Lipinski definition) is 2. The van der Waals surface area contributed by atoms with Crippen molar-refractivity contribution in [2.24, 2.45) is 0 Å². The highest BCUT2D eigenvalue weighted by atomic mass is 35.5. The van der Waals surface area contributed by atoms with E-state index < -0.39 is 11.9 Å². The summed E-state index contributed by atoms with van der Waals surface area (Å²) in [6.45, 7) is 0.265. The number of nitrogens with zero attached hydrogens (tertiary/aromatic N) is 1. The standard InChI is InChI=1S/C27H21Cl3N2O6/c1-36-21-5-3-2-4-18(21)26-24(27(35)31-10-11-37-22-9-7-16(28)14-20(22)30)25(32-38-26)17-8-6-15(12-19(17)29)13-23(33)34/h2-9,12,14H,10-11,13H2,1H3,(H,31,35)(H,33,34). The summed E-state index contributed by atoms with van der Waals surface area (Å²) >= 11 is 18.5. The van der Waals surface area contributed by atoms with Crippen LogP contribution in [0.2, 0.25) is 15.1 Å². The average molecular weight is 576 g/mol. The van der Waals surface area contributed by atoms with Crippen molar-refractivity contribution in [1.82, 2.24) is 10.5 Å². The molecule has 0 saturated carbocycles. The zero-order chi connectivity index (χ0) is 27.2. The molecular weight excluding hydrogens is 555 g/mol. The molecule has 8 nitrogen and oxygen atoms in total. The lowest BCUT2D eigenvalue weighted by molar-refractivity contribution is -0.136. The second kappa shape index (κ2) is 12.2. The highest BCUT2D eigenvalue weighted by Crippen LogP contribution is 2.39. The third kappa shape index (κ3) is 6.22. The number of amides is 1. The van der Waals surface area contributed by atoms with E-state index in [1.807, 2.05) is 0 Å². The van der Waals surface area contributed by atoms with Gasteiger partial charge in [-0.05, 0) is 42.0 Å². The lowest BCUT2D eigenvalue weighted by Gasteiger charge is -2.11. The number of para-hydroxylation sites is 1. The van der Waals surface area contributed by atoms with Crippen LogP contribution in [0.1, 0.15) is 15.9 Å². The van der Waals surface area contributed by atoms with Gasteiger partial charge >= 0.3 is 5.97 Å². The number of hydrogen-bond acceptors (Lipinski definition) is 6. The highest BCUT2D eigenvalue weighted by molar-refractivity contribution is 6.35. The van der Waals surface area contributed by atoms with Crippen molar-refractivity contribution in [2.45, 2.75) is 6.42 Å². The molecule has 0 fully saturated rings. The Labute approximate surface area is 233 Å². The van der Waals surface area contributed by atoms with Crippen LogP contribution in [0.25, 0.3) is 22.6 Å². The first-order valence-electron chi connectivity index (χ1n) is 11.3. The molecule has 196 valence electrons. The van der Waals surface area contributed by atoms with Gasteiger partial charge in [-0.2, -0.15) is 0 Å². The predicted octanol–water partition coefficient (Wildman–Crippen LogP) is 6.41. The quantitative estimate of drug-likeness (QED) is 0.210. The summed E-state index contributed by atoms with van der Waals surface area (Å²) in [5.41, 5.74) is 1.74. The van der Waals surface area contributed by atoms with Crippen LogP contribution < -0.4 is 14.8 Å². The zero-order valence-electron chi connectivity index (χ0n) is 20.0. The molecule has 0 radical (unpaired) electrons. The van der Waals surface area contributed by atoms with Crippen LogP contribution in [-0.4, -0.2) is 42.4 Å². The Morgan fingerprint density at radius 3 is 2.47 bits per heavy atom. The summed E-state index contributed by atoms with van der Waals surface area (Å²) in [6, 6.07) is 16.6. The Kier molecular flexibility index (Phi) is 8.78. The molecule has 11 heteroatoms. The van der Waals surface area contributed by atoms with Gasteiger partial charge in [-0.25, -0.2) is 0 Å². The van der Waals surface area contributed by atoms with Crippen molar-refractivity contribution < 1.29 is 28.7 Å². The molecule has 0 unspecified atom stereocenters. The Morgan fingerprint density at radius 1 is 0.974 bits per heavy atom. The van der Waals surface area contributed by atoms with Crippen LogP contribution in [0.4, 0.5) is 0 Å². The molecule has 2 N–H and O–H groups in total. The maximum Gasteiger partial charge on any atom is 0.307 e. The second-order valence-electron chi connectivity index (χ2n) is 8.00. The van der Waals surface area contributed by atoms with Crippen LogP contribution in [0.3, 0.4) is 0 Å². The largest absolute Gasteiger partial charge is 0.496 e. The molecule has 0 aliphatic rings. The van der Waals surface area contributed by atoms with E-state index in [0.29, 0.717) is 38.2 Å². The smallest absolute Gasteiger partial charge is 0.307 e. The molecule has 3 aromatic carbocycles. The number of aliphatic carboxylic acids is 1. The summed E-state index contributed by atoms with van der Waals surface area (Å²) in [7, 11) is 1.51. The molecule has 1 aromatic heterocycles. The topological polar surface area (TPSA) is 111 Å². The van der Waals surface area contributed by atoms with Crippen LogP contribution in [-0.2, 0) is 11.2 Å². The zero-order valence-corrected chi connectivity index (χ0v) is 22.2. The van der Waals surface area contributed by atoms with Crippen LogP contribution >= 0.6 is 34.8 Å². The summed E-state index contributed by atoms with van der Waals surface area (Å²) in [4.78, 5) is 24.6. The number of nitrogens with one attached hydrogen (secondary N) is 1. The van der Waals surface area contributed by atoms with E-state index in [4.69, 9.17) is 53.9 Å². The number of carboxylic acid groups (broad SMARTS) is 1. The number of carbonyl (C=O) groups is 2. The highest BCUT2D eigenvalue weighted by Gasteiger charge is 2.28. The normalized spacial score (nSPS) is 10.7. The Morgan fingerprint density at radius 2 is 1.76 bits per heavy atom. The number of halogens is 3. The summed E-state index contributed by atoms with van der Waals surface area (Å²) in [5, 5.41) is 17.1. The Hall–Kier alpha value is -3.72. The molecule has 4 rings (SSSR count). The van der Waals surface area contributed by atoms with Crippen LogP contribution in [0, 0.1) is 0 Å². The number of carboxylic acids is 1. The minimum absolute atomic E-state index is 0.127. The minimum Gasteiger partial charge on any atom is -0.496 e. The first-order valence-corrected chi connectivity index (χ1v) is 12.4. The SMILES string of the molecule is COc1ccccc1-c1onc(-c2ccc(CC(=O)O)cc2Cl)c1C(=O)NCCOc1ccc(Cl)cc1Cl. The van der Waals surface area contributed by atoms with Gasteiger partial charge in [0, 0.05) is 10.6 Å². The Balaban J connectivity index is 1.64. The van der Waals surface area contributed by atoms with E-state index in [1.54, 1.807) is 54.6 Å². The van der Waals surface area contributed by atoms with Gasteiger partial charge in [0.1, 0.15) is 29.4 Å². The molecule has 38 heavy (non-hydrogen) atoms. The summed E-state index contributed by atoms with van der Waals surface area (Å²) in [6.07, 6.45) is -0.198. The van der Waals surface area contributed by atoms with Crippen molar-refractivity contribution in [2.75, 3.05) is 20.3 Å². The number of rotatable bonds is 10. The van der Waals surface area contributed by atoms with E-state index in [0.717, 1.165) is 0 Å². The fraction of sp³-hybridized carbons (Fsp3) is 0.148. The first kappa shape index (κ1) is 27.3. The summed E-state index contributed by atoms with van der Waals surface area (Å²) < 4.78 is 16.8. The molecule has 1 amide bonds. The minimum atomic E-state index is -0.990. The van der Waals surface area contributed by atoms with Crippen molar-refractivity contribution in [3.05, 3.63) is 86.9 Å². The number of methoxy groups -OCH3 is 1. The number of aromatic nitrogens is 1. The molecule has 0 bridgehead atoms. The number of ether oxygens (including phenoxy) is 2. The summed E-state index contributed by atoms with van der Waals surface area (Å²) in [5.74, 6) is -0.386. The molecular formula is C27H21Cl3N2O6. The van der Waals surface area contributed by atoms with Crippen LogP contribution in [0.15, 0.2) is 65.2 Å². The second-order valence-corrected chi connectivity index (χ2v) is 9.25. The van der Waals surface area contributed by atoms with E-state index in [9.17, 15) is 9.59 Å². The maximum absolute atomic E-state index is 13.5. The monoisotopic (exact) mass is 574 g/mol. The first-order chi connectivity index (χ1) is 18.3. The molecule has 0 atom stereocenters. The van der Waals surface area contributed by atoms with Gasteiger partial charge in [-0.3, -0.25) is 9.59 Å². The molecule has 0 aliphatic heterocycles. The third-order valence-electron chi connectivity index (χ3n) is 5.45. The average Bonchev–Trinajstić information content (AvgIpc) is 3.32. The van der Waals surface area contributed by atoms with Gasteiger partial charge in [-0.1, -0.05) is 64.2 Å². The maximum atomic E-state index is 13.5. The van der Waals surface area contributed by atoms with Crippen molar-refractivity contribution in [1.29, 1.82) is 0 Å². The van der Waals surface area contributed by atoms with Crippen molar-refractivity contribution >= 4 is 46.7 Å². The van der Waals surface area contributed by atoms with Gasteiger partial charge in [0.05, 0.1) is 35.7 Å². The van der Waals surface area contributed by atoms with Gasteiger partial charge in [0.15, 0.2) is 5.76 Å².